The van der Waals surface area contributed by atoms with Gasteiger partial charge in [0.2, 0.25) is 0 Å². The lowest BCUT2D eigenvalue weighted by Crippen LogP contribution is -2.22. The van der Waals surface area contributed by atoms with Gasteiger partial charge in [-0.1, -0.05) is 25.3 Å². The van der Waals surface area contributed by atoms with Crippen molar-refractivity contribution in [3.05, 3.63) is 59.9 Å². The predicted molar refractivity (Wildman–Crippen MR) is 136 cm³/mol. The number of aromatic nitrogens is 2. The highest BCUT2D eigenvalue weighted by molar-refractivity contribution is 5.67. The second-order valence-electron chi connectivity index (χ2n) is 8.99. The second kappa shape index (κ2) is 11.2. The largest absolute Gasteiger partial charge is 0.372 e. The van der Waals surface area contributed by atoms with E-state index in [1.54, 1.807) is 17.8 Å². The quantitative estimate of drug-likeness (QED) is 0.539. The monoisotopic (exact) mass is 460 g/mol. The van der Waals surface area contributed by atoms with Crippen LogP contribution in [0.25, 0.3) is 16.9 Å². The third-order valence-corrected chi connectivity index (χ3v) is 6.57. The van der Waals surface area contributed by atoms with Gasteiger partial charge in [0.1, 0.15) is 17.7 Å². The smallest absolute Gasteiger partial charge is 0.148 e. The molecule has 1 saturated carbocycles. The maximum absolute atomic E-state index is 14.1. The van der Waals surface area contributed by atoms with Crippen molar-refractivity contribution in [2.45, 2.75) is 51.0 Å². The van der Waals surface area contributed by atoms with E-state index in [1.165, 1.54) is 62.8 Å². The van der Waals surface area contributed by atoms with Crippen LogP contribution >= 0.6 is 0 Å². The van der Waals surface area contributed by atoms with Crippen molar-refractivity contribution in [3.63, 3.8) is 0 Å². The molecule has 0 atom stereocenters. The molecule has 1 saturated heterocycles. The topological polar surface area (TPSA) is 82.9 Å². The zero-order valence-electron chi connectivity index (χ0n) is 19.8. The summed E-state index contributed by atoms with van der Waals surface area (Å²) in [4.78, 5) is 2.38. The molecule has 3 aromatic rings. The third-order valence-electron chi connectivity index (χ3n) is 6.57. The molecule has 2 heterocycles. The van der Waals surface area contributed by atoms with Crippen molar-refractivity contribution in [3.8, 4) is 23.0 Å². The van der Waals surface area contributed by atoms with Gasteiger partial charge >= 0.3 is 0 Å². The Hall–Kier alpha value is -3.37. The number of nitrogens with zero attached hydrogens (tertiary/aromatic N) is 4. The van der Waals surface area contributed by atoms with E-state index in [-0.39, 0.29) is 5.56 Å². The van der Waals surface area contributed by atoms with Crippen LogP contribution < -0.4 is 16.0 Å². The summed E-state index contributed by atoms with van der Waals surface area (Å²) in [6, 6.07) is 17.1. The Labute approximate surface area is 201 Å². The minimum atomic E-state index is -0.530. The van der Waals surface area contributed by atoms with Crippen LogP contribution in [0.15, 0.2) is 48.5 Å². The van der Waals surface area contributed by atoms with Crippen LogP contribution in [0.3, 0.4) is 0 Å². The van der Waals surface area contributed by atoms with Crippen molar-refractivity contribution in [1.82, 2.24) is 9.78 Å². The molecule has 2 fully saturated rings. The van der Waals surface area contributed by atoms with Gasteiger partial charge in [0.15, 0.2) is 0 Å². The van der Waals surface area contributed by atoms with Crippen LogP contribution in [-0.2, 0) is 0 Å². The average Bonchev–Trinajstić information content (AvgIpc) is 3.56. The van der Waals surface area contributed by atoms with Gasteiger partial charge in [-0.05, 0) is 62.1 Å². The van der Waals surface area contributed by atoms with E-state index in [1.807, 2.05) is 24.3 Å². The number of benzene rings is 2. The van der Waals surface area contributed by atoms with Crippen molar-refractivity contribution in [2.24, 2.45) is 5.73 Å². The molecule has 0 radical (unpaired) electrons. The van der Waals surface area contributed by atoms with Gasteiger partial charge in [-0.3, -0.25) is 0 Å². The lowest BCUT2D eigenvalue weighted by Gasteiger charge is -2.18. The summed E-state index contributed by atoms with van der Waals surface area (Å²) in [7, 11) is 1.80. The van der Waals surface area contributed by atoms with Gasteiger partial charge in [-0.2, -0.15) is 5.26 Å². The van der Waals surface area contributed by atoms with Crippen LogP contribution in [0.5, 0.6) is 0 Å². The van der Waals surface area contributed by atoms with E-state index < -0.39 is 5.82 Å². The van der Waals surface area contributed by atoms with Crippen LogP contribution in [0.2, 0.25) is 0 Å². The predicted octanol–water partition coefficient (Wildman–Crippen LogP) is 5.47. The van der Waals surface area contributed by atoms with Gasteiger partial charge < -0.3 is 16.0 Å². The minimum absolute atomic E-state index is 0.0358. The molecule has 6 nitrogen and oxygen atoms in total. The van der Waals surface area contributed by atoms with Crippen LogP contribution in [0.4, 0.5) is 15.9 Å². The molecular formula is C27H33FN6. The van der Waals surface area contributed by atoms with Crippen LogP contribution in [0.1, 0.15) is 50.5 Å². The summed E-state index contributed by atoms with van der Waals surface area (Å²) in [5.74, 6) is 0.163. The molecule has 0 spiro atoms. The highest BCUT2D eigenvalue weighted by Crippen LogP contribution is 2.29. The van der Waals surface area contributed by atoms with E-state index >= 15 is 0 Å². The van der Waals surface area contributed by atoms with E-state index in [2.05, 4.69) is 27.4 Å². The van der Waals surface area contributed by atoms with Crippen LogP contribution in [-0.4, -0.2) is 36.0 Å². The molecule has 34 heavy (non-hydrogen) atoms. The Balaban J connectivity index is 0.000000336. The SMILES string of the molecule is CNc1cc(-c2ccc(C#N)c(F)c2)n(-c2ccc(N3CCCC3)cc2)n1.NC1CCCCC1. The molecule has 1 aromatic heterocycles. The first-order chi connectivity index (χ1) is 16.6. The highest BCUT2D eigenvalue weighted by Gasteiger charge is 2.15. The number of nitrogens with one attached hydrogen (secondary N) is 1. The summed E-state index contributed by atoms with van der Waals surface area (Å²) < 4.78 is 15.9. The zero-order valence-corrected chi connectivity index (χ0v) is 19.8. The van der Waals surface area contributed by atoms with Gasteiger partial charge in [-0.15, -0.1) is 5.10 Å². The summed E-state index contributed by atoms with van der Waals surface area (Å²) in [6.07, 6.45) is 9.14. The Kier molecular flexibility index (Phi) is 7.81. The number of rotatable bonds is 4. The van der Waals surface area contributed by atoms with Gasteiger partial charge in [-0.25, -0.2) is 9.07 Å². The Morgan fingerprint density at radius 2 is 1.65 bits per heavy atom. The maximum atomic E-state index is 14.1. The average molecular weight is 461 g/mol. The van der Waals surface area contributed by atoms with E-state index in [0.717, 1.165) is 24.5 Å². The molecule has 178 valence electrons. The molecule has 0 amide bonds. The lowest BCUT2D eigenvalue weighted by atomic mass is 9.97. The summed E-state index contributed by atoms with van der Waals surface area (Å²) in [6.45, 7) is 2.20. The van der Waals surface area contributed by atoms with Crippen molar-refractivity contribution in [1.29, 1.82) is 5.26 Å². The fraction of sp³-hybridized carbons (Fsp3) is 0.407. The number of hydrogen-bond donors (Lipinski definition) is 2. The van der Waals surface area contributed by atoms with Crippen molar-refractivity contribution in [2.75, 3.05) is 30.4 Å². The molecule has 7 heteroatoms. The first-order valence-corrected chi connectivity index (χ1v) is 12.2. The number of halogens is 1. The molecule has 1 aliphatic heterocycles. The molecule has 2 aliphatic rings. The Bertz CT molecular complexity index is 1120. The minimum Gasteiger partial charge on any atom is -0.372 e. The number of anilines is 2. The fourth-order valence-corrected chi connectivity index (χ4v) is 4.58. The molecule has 2 aromatic carbocycles. The molecule has 5 rings (SSSR count). The molecule has 1 aliphatic carbocycles. The van der Waals surface area contributed by atoms with E-state index in [4.69, 9.17) is 11.0 Å². The van der Waals surface area contributed by atoms with Crippen LogP contribution in [0, 0.1) is 17.1 Å². The fourth-order valence-electron chi connectivity index (χ4n) is 4.58. The van der Waals surface area contributed by atoms with Gasteiger partial charge in [0, 0.05) is 43.5 Å². The maximum Gasteiger partial charge on any atom is 0.148 e. The highest BCUT2D eigenvalue weighted by atomic mass is 19.1. The molecule has 0 unspecified atom stereocenters. The second-order valence-corrected chi connectivity index (χ2v) is 8.99. The summed E-state index contributed by atoms with van der Waals surface area (Å²) in [5.41, 5.74) is 9.22. The van der Waals surface area contributed by atoms with Gasteiger partial charge in [0.05, 0.1) is 16.9 Å². The Morgan fingerprint density at radius 1 is 0.971 bits per heavy atom. The molecule has 0 bridgehead atoms. The lowest BCUT2D eigenvalue weighted by molar-refractivity contribution is 0.441. The molecular weight excluding hydrogens is 427 g/mol. The summed E-state index contributed by atoms with van der Waals surface area (Å²) in [5, 5.41) is 16.6. The zero-order chi connectivity index (χ0) is 23.9. The normalized spacial score (nSPS) is 16.0. The van der Waals surface area contributed by atoms with Crippen molar-refractivity contribution < 1.29 is 4.39 Å². The summed E-state index contributed by atoms with van der Waals surface area (Å²) >= 11 is 0. The third kappa shape index (κ3) is 5.57. The van der Waals surface area contributed by atoms with Gasteiger partial charge in [0.25, 0.3) is 0 Å². The van der Waals surface area contributed by atoms with E-state index in [0.29, 0.717) is 17.4 Å². The Morgan fingerprint density at radius 3 is 2.21 bits per heavy atom. The first kappa shape index (κ1) is 23.8. The number of nitrogens with two attached hydrogens (primary N) is 1. The standard InChI is InChI=1S/C21H20FN5.C6H13N/c1-24-21-13-20(15-4-5-16(14-23)19(22)12-15)27(25-21)18-8-6-17(7-9-18)26-10-2-3-11-26;7-6-4-2-1-3-5-6/h4-9,12-13H,2-3,10-11H2,1H3,(H,24,25);6H,1-5,7H2. The van der Waals surface area contributed by atoms with Crippen molar-refractivity contribution >= 4 is 11.5 Å². The molecule has 3 N–H and O–H groups in total. The number of nitriles is 1. The van der Waals surface area contributed by atoms with E-state index in [9.17, 15) is 4.39 Å². The number of hydrogen-bond acceptors (Lipinski definition) is 5. The first-order valence-electron chi connectivity index (χ1n) is 12.2.